The molecule has 0 aliphatic rings. The Labute approximate surface area is 156 Å². The molecule has 0 saturated carbocycles. The largest absolute Gasteiger partial charge is 0.490 e. The third-order valence-corrected chi connectivity index (χ3v) is 4.45. The maximum atomic E-state index is 12.4. The first-order chi connectivity index (χ1) is 12.9. The molecule has 1 amide bonds. The molecule has 1 atom stereocenters. The SMILES string of the molecule is Cc1nn(C[C@H](O)COc2cccc3ccccc23)c(=O)c(C(N)=O)c1C. The molecular formula is C20H21N3O4. The Morgan fingerprint density at radius 1 is 1.22 bits per heavy atom. The molecule has 140 valence electrons. The number of fused-ring (bicyclic) bond motifs is 1. The third-order valence-electron chi connectivity index (χ3n) is 4.45. The highest BCUT2D eigenvalue weighted by atomic mass is 16.5. The Hall–Kier alpha value is -3.19. The second kappa shape index (κ2) is 7.59. The first-order valence-electron chi connectivity index (χ1n) is 8.55. The van der Waals surface area contributed by atoms with E-state index in [1.54, 1.807) is 13.8 Å². The maximum absolute atomic E-state index is 12.4. The van der Waals surface area contributed by atoms with Crippen LogP contribution in [-0.4, -0.2) is 33.5 Å². The summed E-state index contributed by atoms with van der Waals surface area (Å²) in [5.41, 5.74) is 5.54. The average Bonchev–Trinajstić information content (AvgIpc) is 2.64. The quantitative estimate of drug-likeness (QED) is 0.687. The Morgan fingerprint density at radius 3 is 2.67 bits per heavy atom. The molecule has 0 bridgehead atoms. The van der Waals surface area contributed by atoms with Crippen molar-refractivity contribution in [1.29, 1.82) is 0 Å². The number of carbonyl (C=O) groups is 1. The van der Waals surface area contributed by atoms with Gasteiger partial charge in [-0.3, -0.25) is 9.59 Å². The van der Waals surface area contributed by atoms with E-state index in [-0.39, 0.29) is 18.7 Å². The van der Waals surface area contributed by atoms with Gasteiger partial charge in [0.1, 0.15) is 24.0 Å². The topological polar surface area (TPSA) is 107 Å². The number of aliphatic hydroxyl groups excluding tert-OH is 1. The average molecular weight is 367 g/mol. The van der Waals surface area contributed by atoms with E-state index in [0.29, 0.717) is 17.0 Å². The van der Waals surface area contributed by atoms with Crippen LogP contribution < -0.4 is 16.0 Å². The summed E-state index contributed by atoms with van der Waals surface area (Å²) in [6, 6.07) is 13.4. The van der Waals surface area contributed by atoms with Gasteiger partial charge in [0, 0.05) is 5.39 Å². The van der Waals surface area contributed by atoms with Gasteiger partial charge in [0.2, 0.25) is 0 Å². The number of primary amides is 1. The van der Waals surface area contributed by atoms with Gasteiger partial charge in [0.05, 0.1) is 12.2 Å². The third kappa shape index (κ3) is 3.83. The lowest BCUT2D eigenvalue weighted by molar-refractivity contribution is 0.0878. The number of aromatic nitrogens is 2. The van der Waals surface area contributed by atoms with Crippen molar-refractivity contribution in [2.45, 2.75) is 26.5 Å². The molecule has 7 heteroatoms. The molecule has 0 radical (unpaired) electrons. The lowest BCUT2D eigenvalue weighted by atomic mass is 10.1. The summed E-state index contributed by atoms with van der Waals surface area (Å²) in [5, 5.41) is 16.4. The predicted octanol–water partition coefficient (Wildman–Crippen LogP) is 1.55. The van der Waals surface area contributed by atoms with E-state index in [0.717, 1.165) is 15.5 Å². The fourth-order valence-electron chi connectivity index (χ4n) is 2.95. The molecule has 27 heavy (non-hydrogen) atoms. The van der Waals surface area contributed by atoms with E-state index < -0.39 is 17.6 Å². The highest BCUT2D eigenvalue weighted by molar-refractivity contribution is 5.94. The van der Waals surface area contributed by atoms with Crippen molar-refractivity contribution in [1.82, 2.24) is 9.78 Å². The predicted molar refractivity (Wildman–Crippen MR) is 102 cm³/mol. The minimum Gasteiger partial charge on any atom is -0.490 e. The van der Waals surface area contributed by atoms with Crippen molar-refractivity contribution in [2.75, 3.05) is 6.61 Å². The van der Waals surface area contributed by atoms with E-state index in [2.05, 4.69) is 5.10 Å². The molecule has 2 aromatic carbocycles. The van der Waals surface area contributed by atoms with E-state index in [9.17, 15) is 14.7 Å². The van der Waals surface area contributed by atoms with Crippen molar-refractivity contribution >= 4 is 16.7 Å². The molecule has 0 aliphatic carbocycles. The van der Waals surface area contributed by atoms with Crippen molar-refractivity contribution in [3.05, 3.63) is 69.6 Å². The fraction of sp³-hybridized carbons (Fsp3) is 0.250. The summed E-state index contributed by atoms with van der Waals surface area (Å²) >= 11 is 0. The van der Waals surface area contributed by atoms with Crippen LogP contribution in [0.15, 0.2) is 47.3 Å². The number of rotatable bonds is 6. The standard InChI is InChI=1S/C20H21N3O4/c1-12-13(2)22-23(20(26)18(12)19(21)25)10-15(24)11-27-17-9-5-7-14-6-3-4-8-16(14)17/h3-9,15,24H,10-11H2,1-2H3,(H2,21,25)/t15-/m0/s1. The van der Waals surface area contributed by atoms with Gasteiger partial charge >= 0.3 is 0 Å². The van der Waals surface area contributed by atoms with Gasteiger partial charge in [-0.05, 0) is 30.9 Å². The molecule has 0 unspecified atom stereocenters. The monoisotopic (exact) mass is 367 g/mol. The highest BCUT2D eigenvalue weighted by Crippen LogP contribution is 2.25. The van der Waals surface area contributed by atoms with Crippen LogP contribution in [0.5, 0.6) is 5.75 Å². The van der Waals surface area contributed by atoms with Crippen LogP contribution >= 0.6 is 0 Å². The number of amides is 1. The molecule has 3 N–H and O–H groups in total. The minimum atomic E-state index is -0.989. The van der Waals surface area contributed by atoms with Gasteiger partial charge in [-0.25, -0.2) is 4.68 Å². The zero-order valence-electron chi connectivity index (χ0n) is 15.2. The van der Waals surface area contributed by atoms with Gasteiger partial charge in [-0.2, -0.15) is 5.10 Å². The molecule has 3 rings (SSSR count). The van der Waals surface area contributed by atoms with E-state index in [4.69, 9.17) is 10.5 Å². The molecule has 1 aromatic heterocycles. The molecule has 0 fully saturated rings. The minimum absolute atomic E-state index is 0.0268. The van der Waals surface area contributed by atoms with E-state index >= 15 is 0 Å². The number of aryl methyl sites for hydroxylation is 1. The lowest BCUT2D eigenvalue weighted by Gasteiger charge is -2.16. The van der Waals surface area contributed by atoms with Crippen molar-refractivity contribution in [3.63, 3.8) is 0 Å². The molecule has 0 spiro atoms. The van der Waals surface area contributed by atoms with Crippen molar-refractivity contribution in [2.24, 2.45) is 5.73 Å². The van der Waals surface area contributed by atoms with Crippen molar-refractivity contribution in [3.8, 4) is 5.75 Å². The number of carbonyl (C=O) groups excluding carboxylic acids is 1. The van der Waals surface area contributed by atoms with Gasteiger partial charge in [-0.15, -0.1) is 0 Å². The second-order valence-corrected chi connectivity index (χ2v) is 6.38. The fourth-order valence-corrected chi connectivity index (χ4v) is 2.95. The Morgan fingerprint density at radius 2 is 1.93 bits per heavy atom. The number of hydrogen-bond donors (Lipinski definition) is 2. The summed E-state index contributed by atoms with van der Waals surface area (Å²) in [4.78, 5) is 24.0. The summed E-state index contributed by atoms with van der Waals surface area (Å²) in [5.74, 6) is -0.163. The van der Waals surface area contributed by atoms with Crippen molar-refractivity contribution < 1.29 is 14.6 Å². The first-order valence-corrected chi connectivity index (χ1v) is 8.55. The number of ether oxygens (including phenoxy) is 1. The summed E-state index contributed by atoms with van der Waals surface area (Å²) in [7, 11) is 0. The molecule has 0 saturated heterocycles. The van der Waals surface area contributed by atoms with Gasteiger partial charge in [0.15, 0.2) is 0 Å². The Kier molecular flexibility index (Phi) is 5.23. The van der Waals surface area contributed by atoms with Gasteiger partial charge < -0.3 is 15.6 Å². The molecule has 3 aromatic rings. The smallest absolute Gasteiger partial charge is 0.279 e. The summed E-state index contributed by atoms with van der Waals surface area (Å²) in [6.45, 7) is 3.16. The maximum Gasteiger partial charge on any atom is 0.279 e. The number of aliphatic hydroxyl groups is 1. The van der Waals surface area contributed by atoms with Crippen LogP contribution in [0.4, 0.5) is 0 Å². The number of benzene rings is 2. The van der Waals surface area contributed by atoms with E-state index in [1.165, 1.54) is 0 Å². The first kappa shape index (κ1) is 18.6. The van der Waals surface area contributed by atoms with Crippen LogP contribution in [0.1, 0.15) is 21.6 Å². The zero-order chi connectivity index (χ0) is 19.6. The number of nitrogens with two attached hydrogens (primary N) is 1. The van der Waals surface area contributed by atoms with Crippen LogP contribution in [0, 0.1) is 13.8 Å². The highest BCUT2D eigenvalue weighted by Gasteiger charge is 2.18. The molecule has 7 nitrogen and oxygen atoms in total. The molecular weight excluding hydrogens is 346 g/mol. The zero-order valence-corrected chi connectivity index (χ0v) is 15.2. The Balaban J connectivity index is 1.78. The van der Waals surface area contributed by atoms with Crippen LogP contribution in [-0.2, 0) is 6.54 Å². The second-order valence-electron chi connectivity index (χ2n) is 6.38. The van der Waals surface area contributed by atoms with Crippen LogP contribution in [0.2, 0.25) is 0 Å². The Bertz CT molecular complexity index is 1050. The number of hydrogen-bond acceptors (Lipinski definition) is 5. The summed E-state index contributed by atoms with van der Waals surface area (Å²) < 4.78 is 6.80. The molecule has 0 aliphatic heterocycles. The molecule has 1 heterocycles. The van der Waals surface area contributed by atoms with Crippen LogP contribution in [0.25, 0.3) is 10.8 Å². The van der Waals surface area contributed by atoms with E-state index in [1.807, 2.05) is 42.5 Å². The number of nitrogens with zero attached hydrogens (tertiary/aromatic N) is 2. The van der Waals surface area contributed by atoms with Gasteiger partial charge in [-0.1, -0.05) is 36.4 Å². The lowest BCUT2D eigenvalue weighted by Crippen LogP contribution is -2.37. The van der Waals surface area contributed by atoms with Gasteiger partial charge in [0.25, 0.3) is 11.5 Å². The normalized spacial score (nSPS) is 12.1. The van der Waals surface area contributed by atoms with Crippen LogP contribution in [0.3, 0.4) is 0 Å². The summed E-state index contributed by atoms with van der Waals surface area (Å²) in [6.07, 6.45) is -0.989.